The first kappa shape index (κ1) is 22.7. The summed E-state index contributed by atoms with van der Waals surface area (Å²) in [4.78, 5) is 28.1. The van der Waals surface area contributed by atoms with Gasteiger partial charge in [-0.05, 0) is 93.2 Å². The Balaban J connectivity index is 1.28. The molecular weight excluding hydrogens is 433 g/mol. The first-order valence-electron chi connectivity index (χ1n) is 12.0. The van der Waals surface area contributed by atoms with Crippen molar-refractivity contribution in [3.05, 3.63) is 48.3 Å². The number of anilines is 2. The van der Waals surface area contributed by atoms with Gasteiger partial charge in [0.25, 0.3) is 0 Å². The van der Waals surface area contributed by atoms with Crippen molar-refractivity contribution < 1.29 is 18.7 Å². The number of hydrogen-bond acceptors (Lipinski definition) is 4. The smallest absolute Gasteiger partial charge is 0.321 e. The lowest BCUT2D eigenvalue weighted by atomic mass is 9.55. The molecule has 3 aliphatic rings. The van der Waals surface area contributed by atoms with Crippen LogP contribution in [0.4, 0.5) is 20.6 Å². The van der Waals surface area contributed by atoms with Gasteiger partial charge in [-0.1, -0.05) is 18.2 Å². The molecule has 4 unspecified atom stereocenters. The van der Waals surface area contributed by atoms with Crippen LogP contribution in [0.5, 0.6) is 0 Å². The van der Waals surface area contributed by atoms with Crippen molar-refractivity contribution in [2.75, 3.05) is 24.1 Å². The normalized spacial score (nSPS) is 27.5. The lowest BCUT2D eigenvalue weighted by molar-refractivity contribution is -0.184. The minimum absolute atomic E-state index is 0.0629. The van der Waals surface area contributed by atoms with E-state index < -0.39 is 5.60 Å². The number of hydrogen-bond donors (Lipinski definition) is 2. The first-order chi connectivity index (χ1) is 16.0. The molecule has 2 aromatic rings. The highest BCUT2D eigenvalue weighted by Crippen LogP contribution is 2.65. The number of benzene rings is 2. The Morgan fingerprint density at radius 1 is 1.09 bits per heavy atom. The van der Waals surface area contributed by atoms with Crippen LogP contribution in [0.3, 0.4) is 0 Å². The second-order valence-corrected chi connectivity index (χ2v) is 11.2. The average molecular weight is 466 g/mol. The number of nitrogens with zero attached hydrogens (tertiary/aromatic N) is 1. The van der Waals surface area contributed by atoms with Gasteiger partial charge in [0.2, 0.25) is 0 Å². The van der Waals surface area contributed by atoms with E-state index >= 15 is 0 Å². The molecule has 34 heavy (non-hydrogen) atoms. The summed E-state index contributed by atoms with van der Waals surface area (Å²) in [5.41, 5.74) is 8.01. The second-order valence-electron chi connectivity index (χ2n) is 11.2. The number of nitrogens with one attached hydrogen (secondary N) is 1. The fourth-order valence-electron chi connectivity index (χ4n) is 6.21. The maximum atomic E-state index is 13.3. The third-order valence-electron chi connectivity index (χ3n) is 7.64. The Labute approximate surface area is 199 Å². The number of carbonyl (C=O) groups excluding carboxylic acids is 2. The maximum absolute atomic E-state index is 13.3. The highest BCUT2D eigenvalue weighted by Gasteiger charge is 2.66. The SMILES string of the molecule is CC(C)(C)OC(=O)C12CC3CC1C(CN(C(=O)Nc1cc(-c4ccc(F)cc4)ccc1N)C3)C2. The van der Waals surface area contributed by atoms with Gasteiger partial charge >= 0.3 is 12.0 Å². The molecule has 3 fully saturated rings. The number of carbonyl (C=O) groups is 2. The molecule has 1 aliphatic heterocycles. The van der Waals surface area contributed by atoms with E-state index in [2.05, 4.69) is 5.32 Å². The molecule has 0 spiro atoms. The van der Waals surface area contributed by atoms with E-state index in [1.807, 2.05) is 37.8 Å². The van der Waals surface area contributed by atoms with Gasteiger partial charge in [-0.15, -0.1) is 0 Å². The minimum Gasteiger partial charge on any atom is -0.460 e. The summed E-state index contributed by atoms with van der Waals surface area (Å²) in [6, 6.07) is 11.5. The summed E-state index contributed by atoms with van der Waals surface area (Å²) in [5, 5.41) is 2.99. The van der Waals surface area contributed by atoms with Crippen LogP contribution >= 0.6 is 0 Å². The molecule has 6 nitrogen and oxygen atoms in total. The summed E-state index contributed by atoms with van der Waals surface area (Å²) in [5.74, 6) is 0.534. The fraction of sp³-hybridized carbons (Fsp3) is 0.481. The molecule has 180 valence electrons. The Morgan fingerprint density at radius 3 is 2.50 bits per heavy atom. The Morgan fingerprint density at radius 2 is 1.79 bits per heavy atom. The summed E-state index contributed by atoms with van der Waals surface area (Å²) < 4.78 is 19.1. The molecule has 1 saturated heterocycles. The van der Waals surface area contributed by atoms with Crippen molar-refractivity contribution in [1.29, 1.82) is 0 Å². The standard InChI is InChI=1S/C27H32FN3O3/c1-26(2,3)34-24(32)27-12-16-10-21(27)19(13-27)15-31(14-16)25(33)30-23-11-18(6-9-22(23)29)17-4-7-20(28)8-5-17/h4-9,11,16,19,21H,10,12-15,29H2,1-3H3,(H,30,33). The number of ether oxygens (including phenoxy) is 1. The molecular formula is C27H32FN3O3. The number of nitrogens with two attached hydrogens (primary N) is 1. The average Bonchev–Trinajstić information content (AvgIpc) is 2.93. The third kappa shape index (κ3) is 4.01. The molecule has 2 saturated carbocycles. The van der Waals surface area contributed by atoms with E-state index in [1.54, 1.807) is 18.2 Å². The number of nitrogen functional groups attached to an aromatic ring is 1. The summed E-state index contributed by atoms with van der Waals surface area (Å²) >= 11 is 0. The number of fused-ring (bicyclic) bond motifs is 1. The molecule has 4 atom stereocenters. The first-order valence-corrected chi connectivity index (χ1v) is 12.0. The van der Waals surface area contributed by atoms with Crippen LogP contribution in [-0.4, -0.2) is 35.6 Å². The number of halogens is 1. The van der Waals surface area contributed by atoms with Gasteiger partial charge in [0.15, 0.2) is 0 Å². The van der Waals surface area contributed by atoms with Gasteiger partial charge in [0, 0.05) is 13.1 Å². The van der Waals surface area contributed by atoms with Gasteiger partial charge in [0.1, 0.15) is 11.4 Å². The number of esters is 1. The number of amides is 2. The molecule has 1 heterocycles. The predicted molar refractivity (Wildman–Crippen MR) is 129 cm³/mol. The number of likely N-dealkylation sites (tertiary alicyclic amines) is 1. The Kier molecular flexibility index (Phi) is 5.34. The van der Waals surface area contributed by atoms with Crippen molar-refractivity contribution in [3.8, 4) is 11.1 Å². The van der Waals surface area contributed by atoms with E-state index in [0.717, 1.165) is 30.4 Å². The van der Waals surface area contributed by atoms with Crippen molar-refractivity contribution >= 4 is 23.4 Å². The molecule has 0 radical (unpaired) electrons. The lowest BCUT2D eigenvalue weighted by Crippen LogP contribution is -2.56. The molecule has 2 aliphatic carbocycles. The number of urea groups is 1. The minimum atomic E-state index is -0.488. The lowest BCUT2D eigenvalue weighted by Gasteiger charge is -2.51. The van der Waals surface area contributed by atoms with Crippen molar-refractivity contribution in [3.63, 3.8) is 0 Å². The van der Waals surface area contributed by atoms with E-state index in [0.29, 0.717) is 36.3 Å². The predicted octanol–water partition coefficient (Wildman–Crippen LogP) is 5.30. The summed E-state index contributed by atoms with van der Waals surface area (Å²) in [6.07, 6.45) is 2.54. The van der Waals surface area contributed by atoms with E-state index in [4.69, 9.17) is 10.5 Å². The largest absolute Gasteiger partial charge is 0.460 e. The van der Waals surface area contributed by atoms with Crippen LogP contribution in [0.25, 0.3) is 11.1 Å². The van der Waals surface area contributed by atoms with Crippen LogP contribution in [0.15, 0.2) is 42.5 Å². The van der Waals surface area contributed by atoms with E-state index in [1.165, 1.54) is 12.1 Å². The Hall–Kier alpha value is -3.09. The van der Waals surface area contributed by atoms with Crippen LogP contribution in [-0.2, 0) is 9.53 Å². The van der Waals surface area contributed by atoms with Crippen molar-refractivity contribution in [2.45, 2.75) is 45.6 Å². The monoisotopic (exact) mass is 465 g/mol. The van der Waals surface area contributed by atoms with Gasteiger partial charge < -0.3 is 20.7 Å². The molecule has 3 N–H and O–H groups in total. The zero-order chi connectivity index (χ0) is 24.3. The highest BCUT2D eigenvalue weighted by molar-refractivity contribution is 5.94. The van der Waals surface area contributed by atoms with Crippen LogP contribution in [0, 0.1) is 29.0 Å². The molecule has 5 rings (SSSR count). The van der Waals surface area contributed by atoms with Gasteiger partial charge in [-0.25, -0.2) is 9.18 Å². The zero-order valence-corrected chi connectivity index (χ0v) is 19.9. The molecule has 2 bridgehead atoms. The molecule has 2 amide bonds. The molecule has 0 aromatic heterocycles. The van der Waals surface area contributed by atoms with E-state index in [9.17, 15) is 14.0 Å². The Bertz CT molecular complexity index is 1120. The summed E-state index contributed by atoms with van der Waals surface area (Å²) in [6.45, 7) is 6.99. The third-order valence-corrected chi connectivity index (χ3v) is 7.64. The van der Waals surface area contributed by atoms with Crippen LogP contribution in [0.1, 0.15) is 40.0 Å². The summed E-state index contributed by atoms with van der Waals surface area (Å²) in [7, 11) is 0. The van der Waals surface area contributed by atoms with Gasteiger partial charge in [-0.3, -0.25) is 4.79 Å². The van der Waals surface area contributed by atoms with Crippen LogP contribution in [0.2, 0.25) is 0 Å². The maximum Gasteiger partial charge on any atom is 0.321 e. The van der Waals surface area contributed by atoms with Gasteiger partial charge in [-0.2, -0.15) is 0 Å². The van der Waals surface area contributed by atoms with Crippen molar-refractivity contribution in [2.24, 2.45) is 23.2 Å². The zero-order valence-electron chi connectivity index (χ0n) is 19.9. The fourth-order valence-corrected chi connectivity index (χ4v) is 6.21. The van der Waals surface area contributed by atoms with E-state index in [-0.39, 0.29) is 29.2 Å². The van der Waals surface area contributed by atoms with Gasteiger partial charge in [0.05, 0.1) is 16.8 Å². The van der Waals surface area contributed by atoms with Crippen LogP contribution < -0.4 is 11.1 Å². The molecule has 2 aromatic carbocycles. The molecule has 7 heteroatoms. The number of rotatable bonds is 3. The quantitative estimate of drug-likeness (QED) is 0.476. The second kappa shape index (κ2) is 8.00. The topological polar surface area (TPSA) is 84.7 Å². The van der Waals surface area contributed by atoms with Crippen molar-refractivity contribution in [1.82, 2.24) is 4.90 Å². The highest BCUT2D eigenvalue weighted by atomic mass is 19.1.